The first-order valence-corrected chi connectivity index (χ1v) is 7.60. The summed E-state index contributed by atoms with van der Waals surface area (Å²) in [5.41, 5.74) is -0.741. The molecule has 3 N–H and O–H groups in total. The van der Waals surface area contributed by atoms with E-state index in [-0.39, 0.29) is 30.6 Å². The van der Waals surface area contributed by atoms with Crippen LogP contribution in [0.4, 0.5) is 18.0 Å². The number of urea groups is 1. The third-order valence-corrected chi connectivity index (χ3v) is 3.32. The van der Waals surface area contributed by atoms with Crippen molar-refractivity contribution < 1.29 is 22.7 Å². The third-order valence-electron chi connectivity index (χ3n) is 3.32. The second kappa shape index (κ2) is 8.25. The van der Waals surface area contributed by atoms with E-state index >= 15 is 0 Å². The molecule has 1 aliphatic heterocycles. The molecule has 1 atom stereocenters. The van der Waals surface area contributed by atoms with E-state index in [1.54, 1.807) is 0 Å². The van der Waals surface area contributed by atoms with Crippen LogP contribution in [0.5, 0.6) is 0 Å². The fourth-order valence-electron chi connectivity index (χ4n) is 2.19. The second-order valence-corrected chi connectivity index (χ2v) is 5.39. The Morgan fingerprint density at radius 2 is 2.21 bits per heavy atom. The zero-order chi connectivity index (χ0) is 17.6. The van der Waals surface area contributed by atoms with Gasteiger partial charge in [0, 0.05) is 38.3 Å². The number of morpholine rings is 1. The molecule has 7 nitrogen and oxygen atoms in total. The molecule has 0 radical (unpaired) electrons. The molecule has 1 aromatic heterocycles. The van der Waals surface area contributed by atoms with Crippen molar-refractivity contribution in [3.63, 3.8) is 0 Å². The Bertz CT molecular complexity index is 562. The Kier molecular flexibility index (Phi) is 6.32. The highest BCUT2D eigenvalue weighted by molar-refractivity contribution is 5.73. The van der Waals surface area contributed by atoms with Gasteiger partial charge in [0.2, 0.25) is 0 Å². The van der Waals surface area contributed by atoms with Crippen LogP contribution in [-0.2, 0) is 17.3 Å². The first kappa shape index (κ1) is 18.4. The number of nitrogens with zero attached hydrogens (tertiary/aromatic N) is 2. The summed E-state index contributed by atoms with van der Waals surface area (Å²) in [7, 11) is 0. The molecule has 24 heavy (non-hydrogen) atoms. The predicted octanol–water partition coefficient (Wildman–Crippen LogP) is 0.634. The summed E-state index contributed by atoms with van der Waals surface area (Å²) >= 11 is 0. The molecule has 0 bridgehead atoms. The number of alkyl halides is 3. The number of amides is 2. The van der Waals surface area contributed by atoms with Gasteiger partial charge in [0.15, 0.2) is 0 Å². The molecule has 0 unspecified atom stereocenters. The van der Waals surface area contributed by atoms with Crippen molar-refractivity contribution in [1.29, 1.82) is 0 Å². The van der Waals surface area contributed by atoms with Crippen LogP contribution < -0.4 is 16.0 Å². The average molecular weight is 347 g/mol. The van der Waals surface area contributed by atoms with Gasteiger partial charge in [0.1, 0.15) is 11.5 Å². The summed E-state index contributed by atoms with van der Waals surface area (Å²) in [6.45, 7) is 4.02. The zero-order valence-electron chi connectivity index (χ0n) is 13.2. The molecule has 0 spiro atoms. The molecular formula is C14H20F3N5O2. The second-order valence-electron chi connectivity index (χ2n) is 5.39. The van der Waals surface area contributed by atoms with Crippen molar-refractivity contribution in [3.8, 4) is 0 Å². The number of carbonyl (C=O) groups excluding carboxylic acids is 1. The molecule has 0 aromatic carbocycles. The first-order chi connectivity index (χ1) is 11.3. The molecule has 1 fully saturated rings. The van der Waals surface area contributed by atoms with Gasteiger partial charge in [-0.25, -0.2) is 14.8 Å². The van der Waals surface area contributed by atoms with Crippen molar-refractivity contribution in [2.45, 2.75) is 25.6 Å². The molecule has 1 saturated heterocycles. The fourth-order valence-corrected chi connectivity index (χ4v) is 2.19. The van der Waals surface area contributed by atoms with E-state index in [4.69, 9.17) is 4.74 Å². The van der Waals surface area contributed by atoms with Gasteiger partial charge < -0.3 is 20.7 Å². The minimum atomic E-state index is -4.51. The number of aryl methyl sites for hydroxylation is 1. The van der Waals surface area contributed by atoms with Crippen molar-refractivity contribution in [3.05, 3.63) is 23.3 Å². The maximum atomic E-state index is 12.7. The molecule has 0 aliphatic carbocycles. The van der Waals surface area contributed by atoms with Crippen LogP contribution in [0.3, 0.4) is 0 Å². The highest BCUT2D eigenvalue weighted by Crippen LogP contribution is 2.27. The minimum absolute atomic E-state index is 0.0439. The van der Waals surface area contributed by atoms with E-state index < -0.39 is 17.9 Å². The minimum Gasteiger partial charge on any atom is -0.374 e. The molecule has 134 valence electrons. The normalized spacial score (nSPS) is 18.2. The Balaban J connectivity index is 1.75. The Labute approximate surface area is 137 Å². The molecule has 1 aliphatic rings. The zero-order valence-corrected chi connectivity index (χ0v) is 13.2. The number of ether oxygens (including phenoxy) is 1. The van der Waals surface area contributed by atoms with E-state index in [0.717, 1.165) is 12.6 Å². The van der Waals surface area contributed by atoms with Crippen LogP contribution in [0.1, 0.15) is 17.2 Å². The van der Waals surface area contributed by atoms with Crippen molar-refractivity contribution >= 4 is 6.03 Å². The van der Waals surface area contributed by atoms with E-state index in [9.17, 15) is 18.0 Å². The Morgan fingerprint density at radius 1 is 1.42 bits per heavy atom. The van der Waals surface area contributed by atoms with Gasteiger partial charge in [-0.3, -0.25) is 0 Å². The molecule has 2 rings (SSSR count). The number of halogens is 3. The summed E-state index contributed by atoms with van der Waals surface area (Å²) in [6, 6.07) is 0.481. The lowest BCUT2D eigenvalue weighted by molar-refractivity contribution is -0.141. The van der Waals surface area contributed by atoms with Crippen molar-refractivity contribution in [2.75, 3.05) is 32.8 Å². The maximum Gasteiger partial charge on any atom is 0.433 e. The van der Waals surface area contributed by atoms with Crippen LogP contribution in [0.15, 0.2) is 6.07 Å². The van der Waals surface area contributed by atoms with E-state index in [1.807, 2.05) is 0 Å². The number of nitrogens with one attached hydrogen (secondary N) is 3. The SMILES string of the molecule is Cc1cc(C(F)(F)F)nc(CCNC(=O)NC[C@H]2CNCCO2)n1. The van der Waals surface area contributed by atoms with Gasteiger partial charge in [-0.05, 0) is 13.0 Å². The predicted molar refractivity (Wildman–Crippen MR) is 79.5 cm³/mol. The molecular weight excluding hydrogens is 327 g/mol. The smallest absolute Gasteiger partial charge is 0.374 e. The monoisotopic (exact) mass is 347 g/mol. The van der Waals surface area contributed by atoms with E-state index in [1.165, 1.54) is 6.92 Å². The van der Waals surface area contributed by atoms with Gasteiger partial charge >= 0.3 is 12.2 Å². The quantitative estimate of drug-likeness (QED) is 0.727. The third kappa shape index (κ3) is 5.93. The highest BCUT2D eigenvalue weighted by atomic mass is 19.4. The first-order valence-electron chi connectivity index (χ1n) is 7.60. The summed E-state index contributed by atoms with van der Waals surface area (Å²) in [4.78, 5) is 19.1. The van der Waals surface area contributed by atoms with Gasteiger partial charge in [-0.15, -0.1) is 0 Å². The summed E-state index contributed by atoms with van der Waals surface area (Å²) < 4.78 is 43.5. The van der Waals surface area contributed by atoms with Gasteiger partial charge in [0.05, 0.1) is 12.7 Å². The lowest BCUT2D eigenvalue weighted by Gasteiger charge is -2.23. The average Bonchev–Trinajstić information content (AvgIpc) is 2.52. The number of rotatable bonds is 5. The van der Waals surface area contributed by atoms with Crippen LogP contribution in [0.2, 0.25) is 0 Å². The van der Waals surface area contributed by atoms with Gasteiger partial charge in [-0.1, -0.05) is 0 Å². The largest absolute Gasteiger partial charge is 0.433 e. The Hall–Kier alpha value is -1.94. The molecule has 2 heterocycles. The molecule has 2 amide bonds. The lowest BCUT2D eigenvalue weighted by atomic mass is 10.3. The molecule has 1 aromatic rings. The van der Waals surface area contributed by atoms with Gasteiger partial charge in [-0.2, -0.15) is 13.2 Å². The number of hydrogen-bond donors (Lipinski definition) is 3. The Morgan fingerprint density at radius 3 is 2.88 bits per heavy atom. The molecule has 0 saturated carbocycles. The summed E-state index contributed by atoms with van der Waals surface area (Å²) in [6.07, 6.45) is -4.49. The number of hydrogen-bond acceptors (Lipinski definition) is 5. The van der Waals surface area contributed by atoms with Crippen molar-refractivity contribution in [2.24, 2.45) is 0 Å². The van der Waals surface area contributed by atoms with E-state index in [2.05, 4.69) is 25.9 Å². The number of carbonyl (C=O) groups is 1. The standard InChI is InChI=1S/C14H20F3N5O2/c1-9-6-11(14(15,16)17)22-12(21-9)2-3-19-13(23)20-8-10-7-18-4-5-24-10/h6,10,18H,2-5,7-8H2,1H3,(H2,19,20,23)/t10-/m1/s1. The summed E-state index contributed by atoms with van der Waals surface area (Å²) in [5.74, 6) is 0.0439. The van der Waals surface area contributed by atoms with Crippen LogP contribution in [0, 0.1) is 6.92 Å². The molecule has 10 heteroatoms. The van der Waals surface area contributed by atoms with Crippen molar-refractivity contribution in [1.82, 2.24) is 25.9 Å². The number of aromatic nitrogens is 2. The van der Waals surface area contributed by atoms with Crippen LogP contribution >= 0.6 is 0 Å². The maximum absolute atomic E-state index is 12.7. The highest BCUT2D eigenvalue weighted by Gasteiger charge is 2.33. The van der Waals surface area contributed by atoms with Crippen LogP contribution in [-0.4, -0.2) is 54.9 Å². The van der Waals surface area contributed by atoms with Crippen LogP contribution in [0.25, 0.3) is 0 Å². The van der Waals surface area contributed by atoms with E-state index in [0.29, 0.717) is 19.7 Å². The fraction of sp³-hybridized carbons (Fsp3) is 0.643. The lowest BCUT2D eigenvalue weighted by Crippen LogP contribution is -2.47. The van der Waals surface area contributed by atoms with Gasteiger partial charge in [0.25, 0.3) is 0 Å². The summed E-state index contributed by atoms with van der Waals surface area (Å²) in [5, 5.41) is 8.35. The topological polar surface area (TPSA) is 88.2 Å².